The van der Waals surface area contributed by atoms with Crippen molar-refractivity contribution < 1.29 is 9.53 Å². The van der Waals surface area contributed by atoms with Crippen LogP contribution in [0.3, 0.4) is 0 Å². The van der Waals surface area contributed by atoms with E-state index in [9.17, 15) is 4.79 Å². The molecule has 1 aliphatic rings. The van der Waals surface area contributed by atoms with Gasteiger partial charge in [0.05, 0.1) is 24.9 Å². The SMILES string of the molecule is COc1ncnc2c1CN(C(=O)[C@H](C)Cc1cccc(Cl)c1)CC2. The van der Waals surface area contributed by atoms with Gasteiger partial charge in [-0.05, 0) is 24.1 Å². The summed E-state index contributed by atoms with van der Waals surface area (Å²) in [5.41, 5.74) is 2.95. The molecule has 0 saturated heterocycles. The molecule has 0 bridgehead atoms. The molecule has 5 nitrogen and oxygen atoms in total. The highest BCUT2D eigenvalue weighted by Crippen LogP contribution is 2.26. The minimum Gasteiger partial charge on any atom is -0.481 e. The fourth-order valence-corrected chi connectivity index (χ4v) is 3.31. The van der Waals surface area contributed by atoms with Crippen molar-refractivity contribution in [2.45, 2.75) is 26.3 Å². The van der Waals surface area contributed by atoms with Crippen LogP contribution in [0, 0.1) is 5.92 Å². The van der Waals surface area contributed by atoms with Gasteiger partial charge in [-0.1, -0.05) is 30.7 Å². The van der Waals surface area contributed by atoms with Gasteiger partial charge in [0.2, 0.25) is 11.8 Å². The van der Waals surface area contributed by atoms with E-state index in [1.807, 2.05) is 36.1 Å². The maximum absolute atomic E-state index is 12.8. The quantitative estimate of drug-likeness (QED) is 0.855. The van der Waals surface area contributed by atoms with Gasteiger partial charge in [-0.15, -0.1) is 0 Å². The van der Waals surface area contributed by atoms with Crippen LogP contribution in [0.5, 0.6) is 5.88 Å². The van der Waals surface area contributed by atoms with Gasteiger partial charge < -0.3 is 9.64 Å². The number of nitrogens with zero attached hydrogens (tertiary/aromatic N) is 3. The molecular weight excluding hydrogens is 326 g/mol. The van der Waals surface area contributed by atoms with E-state index in [0.29, 0.717) is 30.4 Å². The number of hydrogen-bond acceptors (Lipinski definition) is 4. The number of methoxy groups -OCH3 is 1. The largest absolute Gasteiger partial charge is 0.481 e. The molecule has 24 heavy (non-hydrogen) atoms. The molecule has 0 N–H and O–H groups in total. The van der Waals surface area contributed by atoms with E-state index in [1.54, 1.807) is 7.11 Å². The van der Waals surface area contributed by atoms with Gasteiger partial charge in [0.25, 0.3) is 0 Å². The summed E-state index contributed by atoms with van der Waals surface area (Å²) in [5, 5.41) is 0.695. The first kappa shape index (κ1) is 16.7. The lowest BCUT2D eigenvalue weighted by molar-refractivity contribution is -0.135. The molecule has 1 amide bonds. The summed E-state index contributed by atoms with van der Waals surface area (Å²) in [5.74, 6) is 0.576. The number of rotatable bonds is 4. The number of benzene rings is 1. The van der Waals surface area contributed by atoms with Crippen molar-refractivity contribution in [1.29, 1.82) is 0 Å². The average molecular weight is 346 g/mol. The second-order valence-corrected chi connectivity index (χ2v) is 6.49. The molecule has 2 heterocycles. The molecule has 1 aliphatic heterocycles. The molecule has 2 aromatic rings. The Morgan fingerprint density at radius 1 is 1.42 bits per heavy atom. The zero-order chi connectivity index (χ0) is 17.1. The Balaban J connectivity index is 1.71. The molecule has 6 heteroatoms. The topological polar surface area (TPSA) is 55.3 Å². The van der Waals surface area contributed by atoms with Crippen molar-refractivity contribution in [2.24, 2.45) is 5.92 Å². The van der Waals surface area contributed by atoms with E-state index in [1.165, 1.54) is 6.33 Å². The minimum absolute atomic E-state index is 0.111. The molecule has 0 unspecified atom stereocenters. The summed E-state index contributed by atoms with van der Waals surface area (Å²) in [7, 11) is 1.59. The molecule has 0 fully saturated rings. The number of hydrogen-bond donors (Lipinski definition) is 0. The molecular formula is C18H20ClN3O2. The van der Waals surface area contributed by atoms with Gasteiger partial charge in [-0.2, -0.15) is 0 Å². The van der Waals surface area contributed by atoms with Crippen molar-refractivity contribution >= 4 is 17.5 Å². The molecule has 1 atom stereocenters. The Kier molecular flexibility index (Phi) is 5.00. The smallest absolute Gasteiger partial charge is 0.226 e. The lowest BCUT2D eigenvalue weighted by atomic mass is 9.98. The zero-order valence-electron chi connectivity index (χ0n) is 13.8. The van der Waals surface area contributed by atoms with Gasteiger partial charge >= 0.3 is 0 Å². The van der Waals surface area contributed by atoms with Crippen LogP contribution in [0.25, 0.3) is 0 Å². The lowest BCUT2D eigenvalue weighted by Gasteiger charge is -2.30. The summed E-state index contributed by atoms with van der Waals surface area (Å²) >= 11 is 6.02. The molecule has 0 radical (unpaired) electrons. The summed E-state index contributed by atoms with van der Waals surface area (Å²) in [6.07, 6.45) is 2.91. The standard InChI is InChI=1S/C18H20ClN3O2/c1-12(8-13-4-3-5-14(19)9-13)18(23)22-7-6-16-15(10-22)17(24-2)21-11-20-16/h3-5,9,11-12H,6-8,10H2,1-2H3/t12-/m1/s1. The van der Waals surface area contributed by atoms with Gasteiger partial charge in [0.1, 0.15) is 6.33 Å². The summed E-state index contributed by atoms with van der Waals surface area (Å²) in [4.78, 5) is 23.1. The highest BCUT2D eigenvalue weighted by atomic mass is 35.5. The van der Waals surface area contributed by atoms with Gasteiger partial charge in [0, 0.05) is 23.9 Å². The van der Waals surface area contributed by atoms with Crippen LogP contribution in [0.2, 0.25) is 5.02 Å². The number of carbonyl (C=O) groups is 1. The molecule has 0 spiro atoms. The monoisotopic (exact) mass is 345 g/mol. The summed E-state index contributed by atoms with van der Waals surface area (Å²) < 4.78 is 5.31. The molecule has 3 rings (SSSR count). The molecule has 126 valence electrons. The van der Waals surface area contributed by atoms with Crippen LogP contribution >= 0.6 is 11.6 Å². The van der Waals surface area contributed by atoms with Crippen molar-refractivity contribution in [1.82, 2.24) is 14.9 Å². The average Bonchev–Trinajstić information content (AvgIpc) is 2.60. The second kappa shape index (κ2) is 7.18. The molecule has 0 aliphatic carbocycles. The first-order valence-corrected chi connectivity index (χ1v) is 8.36. The predicted octanol–water partition coefficient (Wildman–Crippen LogP) is 2.90. The van der Waals surface area contributed by atoms with Gasteiger partial charge in [0.15, 0.2) is 0 Å². The third-order valence-corrected chi connectivity index (χ3v) is 4.56. The second-order valence-electron chi connectivity index (χ2n) is 6.05. The van der Waals surface area contributed by atoms with Crippen molar-refractivity contribution in [2.75, 3.05) is 13.7 Å². The first-order valence-electron chi connectivity index (χ1n) is 7.98. The number of ether oxygens (including phenoxy) is 1. The Hall–Kier alpha value is -2.14. The minimum atomic E-state index is -0.111. The lowest BCUT2D eigenvalue weighted by Crippen LogP contribution is -2.40. The number of halogens is 1. The highest BCUT2D eigenvalue weighted by molar-refractivity contribution is 6.30. The molecule has 0 saturated carbocycles. The van der Waals surface area contributed by atoms with Crippen LogP contribution in [-0.2, 0) is 24.2 Å². The third-order valence-electron chi connectivity index (χ3n) is 4.32. The van der Waals surface area contributed by atoms with E-state index in [4.69, 9.17) is 16.3 Å². The Morgan fingerprint density at radius 2 is 2.25 bits per heavy atom. The van der Waals surface area contributed by atoms with Crippen molar-refractivity contribution in [3.8, 4) is 5.88 Å². The number of aromatic nitrogens is 2. The maximum Gasteiger partial charge on any atom is 0.226 e. The van der Waals surface area contributed by atoms with Gasteiger partial charge in [-0.3, -0.25) is 4.79 Å². The fraction of sp³-hybridized carbons (Fsp3) is 0.389. The molecule has 1 aromatic carbocycles. The fourth-order valence-electron chi connectivity index (χ4n) is 3.10. The van der Waals surface area contributed by atoms with Crippen LogP contribution in [0.15, 0.2) is 30.6 Å². The third kappa shape index (κ3) is 3.51. The molecule has 1 aromatic heterocycles. The van der Waals surface area contributed by atoms with Crippen LogP contribution in [0.1, 0.15) is 23.7 Å². The maximum atomic E-state index is 12.8. The number of carbonyl (C=O) groups excluding carboxylic acids is 1. The van der Waals surface area contributed by atoms with Crippen LogP contribution < -0.4 is 4.74 Å². The summed E-state index contributed by atoms with van der Waals surface area (Å²) in [6.45, 7) is 3.13. The van der Waals surface area contributed by atoms with E-state index in [0.717, 1.165) is 23.2 Å². The zero-order valence-corrected chi connectivity index (χ0v) is 14.6. The van der Waals surface area contributed by atoms with E-state index in [2.05, 4.69) is 9.97 Å². The Bertz CT molecular complexity index is 737. The van der Waals surface area contributed by atoms with Crippen molar-refractivity contribution in [3.05, 3.63) is 52.4 Å². The van der Waals surface area contributed by atoms with Crippen molar-refractivity contribution in [3.63, 3.8) is 0 Å². The number of amides is 1. The van der Waals surface area contributed by atoms with E-state index >= 15 is 0 Å². The van der Waals surface area contributed by atoms with Crippen LogP contribution in [0.4, 0.5) is 0 Å². The Morgan fingerprint density at radius 3 is 3.00 bits per heavy atom. The first-order chi connectivity index (χ1) is 11.6. The Labute approximate surface area is 146 Å². The van der Waals surface area contributed by atoms with Crippen LogP contribution in [-0.4, -0.2) is 34.4 Å². The number of fused-ring (bicyclic) bond motifs is 1. The normalized spacial score (nSPS) is 14.9. The van der Waals surface area contributed by atoms with E-state index in [-0.39, 0.29) is 11.8 Å². The highest BCUT2D eigenvalue weighted by Gasteiger charge is 2.27. The van der Waals surface area contributed by atoms with E-state index < -0.39 is 0 Å². The predicted molar refractivity (Wildman–Crippen MR) is 92.0 cm³/mol. The van der Waals surface area contributed by atoms with Gasteiger partial charge in [-0.25, -0.2) is 9.97 Å². The summed E-state index contributed by atoms with van der Waals surface area (Å²) in [6, 6.07) is 7.66.